The van der Waals surface area contributed by atoms with E-state index in [-0.39, 0.29) is 0 Å². The van der Waals surface area contributed by atoms with E-state index in [0.29, 0.717) is 10.8 Å². The Morgan fingerprint density at radius 3 is 1.65 bits per heavy atom. The lowest BCUT2D eigenvalue weighted by Crippen LogP contribution is -2.18. The molecule has 0 bridgehead atoms. The second-order valence-electron chi connectivity index (χ2n) is 9.83. The highest BCUT2D eigenvalue weighted by Gasteiger charge is 2.11. The molecule has 0 saturated heterocycles. The molecule has 0 aromatic rings. The molecule has 1 nitrogen and oxygen atoms in total. The van der Waals surface area contributed by atoms with Crippen LogP contribution < -0.4 is 0 Å². The van der Waals surface area contributed by atoms with Crippen LogP contribution in [0.15, 0.2) is 12.3 Å². The van der Waals surface area contributed by atoms with Crippen molar-refractivity contribution in [3.8, 4) is 0 Å². The summed E-state index contributed by atoms with van der Waals surface area (Å²) in [6.45, 7) is 19.4. The predicted molar refractivity (Wildman–Crippen MR) is 107 cm³/mol. The predicted octanol–water partition coefficient (Wildman–Crippen LogP) is 7.43. The van der Waals surface area contributed by atoms with Crippen LogP contribution in [0.4, 0.5) is 0 Å². The molecule has 0 amide bonds. The molecule has 0 atom stereocenters. The summed E-state index contributed by atoms with van der Waals surface area (Å²) in [7, 11) is 2.21. The lowest BCUT2D eigenvalue weighted by atomic mass is 9.89. The first kappa shape index (κ1) is 22.5. The van der Waals surface area contributed by atoms with Crippen molar-refractivity contribution < 1.29 is 0 Å². The largest absolute Gasteiger partial charge is 0.378 e. The minimum absolute atomic E-state index is 0.450. The number of hydrogen-bond donors (Lipinski definition) is 0. The van der Waals surface area contributed by atoms with Crippen molar-refractivity contribution in [3.05, 3.63) is 12.3 Å². The zero-order valence-corrected chi connectivity index (χ0v) is 17.4. The molecule has 1 heteroatoms. The maximum atomic E-state index is 4.26. The maximum absolute atomic E-state index is 4.26. The fraction of sp³-hybridized carbons (Fsp3) is 0.909. The molecule has 0 N–H and O–H groups in total. The van der Waals surface area contributed by atoms with E-state index < -0.39 is 0 Å². The van der Waals surface area contributed by atoms with Gasteiger partial charge in [0, 0.05) is 19.3 Å². The molecular formula is C22H45N. The van der Waals surface area contributed by atoms with Crippen molar-refractivity contribution in [2.45, 2.75) is 106 Å². The molecule has 0 aliphatic carbocycles. The topological polar surface area (TPSA) is 3.24 Å². The van der Waals surface area contributed by atoms with Crippen LogP contribution in [-0.4, -0.2) is 18.5 Å². The average molecular weight is 324 g/mol. The second kappa shape index (κ2) is 11.2. The first-order valence-corrected chi connectivity index (χ1v) is 9.90. The molecule has 23 heavy (non-hydrogen) atoms. The molecular weight excluding hydrogens is 278 g/mol. The zero-order valence-electron chi connectivity index (χ0n) is 17.4. The highest BCUT2D eigenvalue weighted by molar-refractivity contribution is 4.92. The third-order valence-corrected chi connectivity index (χ3v) is 4.60. The van der Waals surface area contributed by atoms with Gasteiger partial charge in [0.05, 0.1) is 0 Å². The van der Waals surface area contributed by atoms with Gasteiger partial charge in [0.25, 0.3) is 0 Å². The van der Waals surface area contributed by atoms with E-state index in [9.17, 15) is 0 Å². The molecule has 0 aromatic carbocycles. The van der Waals surface area contributed by atoms with Crippen LogP contribution in [-0.2, 0) is 0 Å². The molecule has 0 aliphatic heterocycles. The quantitative estimate of drug-likeness (QED) is 0.338. The van der Waals surface area contributed by atoms with E-state index in [2.05, 4.69) is 60.1 Å². The highest BCUT2D eigenvalue weighted by Crippen LogP contribution is 2.24. The van der Waals surface area contributed by atoms with Crippen LogP contribution in [0.2, 0.25) is 0 Å². The summed E-state index contributed by atoms with van der Waals surface area (Å²) < 4.78 is 0. The molecule has 0 aromatic heterocycles. The van der Waals surface area contributed by atoms with Gasteiger partial charge in [-0.2, -0.15) is 0 Å². The standard InChI is InChI=1S/C22H45N/c1-20(16-15-18-22(5,6)7)23(8)19-14-12-10-9-11-13-17-21(2,3)4/h1,9-19H2,2-8H3. The summed E-state index contributed by atoms with van der Waals surface area (Å²) in [6.07, 6.45) is 13.4. The maximum Gasteiger partial charge on any atom is 0.0171 e. The number of rotatable bonds is 12. The fourth-order valence-corrected chi connectivity index (χ4v) is 2.88. The van der Waals surface area contributed by atoms with Gasteiger partial charge in [-0.15, -0.1) is 0 Å². The third-order valence-electron chi connectivity index (χ3n) is 4.60. The molecule has 0 heterocycles. The molecule has 0 saturated carbocycles. The van der Waals surface area contributed by atoms with Crippen molar-refractivity contribution in [2.75, 3.05) is 13.6 Å². The monoisotopic (exact) mass is 323 g/mol. The summed E-state index contributed by atoms with van der Waals surface area (Å²) in [5.41, 5.74) is 2.28. The summed E-state index contributed by atoms with van der Waals surface area (Å²) in [4.78, 5) is 2.38. The van der Waals surface area contributed by atoms with Crippen molar-refractivity contribution in [1.29, 1.82) is 0 Å². The Morgan fingerprint density at radius 1 is 0.696 bits per heavy atom. The first-order chi connectivity index (χ1) is 10.5. The number of allylic oxidation sites excluding steroid dienone is 1. The lowest BCUT2D eigenvalue weighted by Gasteiger charge is -2.23. The van der Waals surface area contributed by atoms with Gasteiger partial charge in [-0.05, 0) is 42.9 Å². The SMILES string of the molecule is C=C(CCCC(C)(C)C)N(C)CCCCCCCCC(C)(C)C. The summed E-state index contributed by atoms with van der Waals surface area (Å²) in [5, 5.41) is 0. The Balaban J connectivity index is 3.52. The molecule has 0 aliphatic rings. The van der Waals surface area contributed by atoms with Gasteiger partial charge in [0.15, 0.2) is 0 Å². The Kier molecular flexibility index (Phi) is 10.9. The smallest absolute Gasteiger partial charge is 0.0171 e. The minimum Gasteiger partial charge on any atom is -0.378 e. The van der Waals surface area contributed by atoms with Crippen molar-refractivity contribution in [3.63, 3.8) is 0 Å². The Morgan fingerprint density at radius 2 is 1.13 bits per heavy atom. The summed E-state index contributed by atoms with van der Waals surface area (Å²) in [6, 6.07) is 0. The van der Waals surface area contributed by atoms with Crippen molar-refractivity contribution >= 4 is 0 Å². The van der Waals surface area contributed by atoms with Crippen molar-refractivity contribution in [2.24, 2.45) is 10.8 Å². The Bertz CT molecular complexity index is 303. The second-order valence-corrected chi connectivity index (χ2v) is 9.83. The van der Waals surface area contributed by atoms with E-state index in [1.165, 1.54) is 70.0 Å². The van der Waals surface area contributed by atoms with E-state index in [4.69, 9.17) is 0 Å². The van der Waals surface area contributed by atoms with Gasteiger partial charge in [-0.25, -0.2) is 0 Å². The lowest BCUT2D eigenvalue weighted by molar-refractivity contribution is 0.340. The average Bonchev–Trinajstić information content (AvgIpc) is 2.38. The third kappa shape index (κ3) is 16.2. The highest BCUT2D eigenvalue weighted by atomic mass is 15.1. The van der Waals surface area contributed by atoms with Crippen LogP contribution >= 0.6 is 0 Å². The molecule has 138 valence electrons. The molecule has 0 unspecified atom stereocenters. The van der Waals surface area contributed by atoms with Crippen molar-refractivity contribution in [1.82, 2.24) is 4.90 Å². The first-order valence-electron chi connectivity index (χ1n) is 9.90. The number of nitrogens with zero attached hydrogens (tertiary/aromatic N) is 1. The number of unbranched alkanes of at least 4 members (excludes halogenated alkanes) is 5. The molecule has 0 spiro atoms. The zero-order chi connectivity index (χ0) is 17.9. The summed E-state index contributed by atoms with van der Waals surface area (Å²) >= 11 is 0. The van der Waals surface area contributed by atoms with E-state index in [0.717, 1.165) is 6.42 Å². The van der Waals surface area contributed by atoms with E-state index >= 15 is 0 Å². The fourth-order valence-electron chi connectivity index (χ4n) is 2.88. The normalized spacial score (nSPS) is 12.5. The van der Waals surface area contributed by atoms with Crippen LogP contribution in [0.3, 0.4) is 0 Å². The Hall–Kier alpha value is -0.460. The molecule has 0 rings (SSSR count). The molecule has 0 radical (unpaired) electrons. The van der Waals surface area contributed by atoms with Gasteiger partial charge >= 0.3 is 0 Å². The van der Waals surface area contributed by atoms with Crippen LogP contribution in [0.1, 0.15) is 106 Å². The van der Waals surface area contributed by atoms with Gasteiger partial charge in [-0.1, -0.05) is 80.2 Å². The van der Waals surface area contributed by atoms with Crippen LogP contribution in [0, 0.1) is 10.8 Å². The van der Waals surface area contributed by atoms with Gasteiger partial charge in [-0.3, -0.25) is 0 Å². The Labute approximate surface area is 147 Å². The van der Waals surface area contributed by atoms with Gasteiger partial charge < -0.3 is 4.90 Å². The van der Waals surface area contributed by atoms with Gasteiger partial charge in [0.1, 0.15) is 0 Å². The molecule has 0 fully saturated rings. The van der Waals surface area contributed by atoms with Crippen LogP contribution in [0.5, 0.6) is 0 Å². The van der Waals surface area contributed by atoms with Crippen LogP contribution in [0.25, 0.3) is 0 Å². The minimum atomic E-state index is 0.450. The number of hydrogen-bond acceptors (Lipinski definition) is 1. The van der Waals surface area contributed by atoms with Gasteiger partial charge in [0.2, 0.25) is 0 Å². The van der Waals surface area contributed by atoms with E-state index in [1.54, 1.807) is 0 Å². The van der Waals surface area contributed by atoms with E-state index in [1.807, 2.05) is 0 Å². The summed E-state index contributed by atoms with van der Waals surface area (Å²) in [5.74, 6) is 0.